The van der Waals surface area contributed by atoms with E-state index in [1.54, 1.807) is 0 Å². The zero-order valence-corrected chi connectivity index (χ0v) is 20.7. The van der Waals surface area contributed by atoms with Gasteiger partial charge in [0.1, 0.15) is 5.78 Å². The van der Waals surface area contributed by atoms with Crippen LogP contribution in [-0.4, -0.2) is 34.5 Å². The summed E-state index contributed by atoms with van der Waals surface area (Å²) in [4.78, 5) is 12.4. The summed E-state index contributed by atoms with van der Waals surface area (Å²) in [5.74, 6) is 3.54. The van der Waals surface area contributed by atoms with Crippen LogP contribution in [0.4, 0.5) is 0 Å². The van der Waals surface area contributed by atoms with Crippen LogP contribution >= 0.6 is 0 Å². The first-order chi connectivity index (χ1) is 11.9. The van der Waals surface area contributed by atoms with Crippen LogP contribution in [0.15, 0.2) is 0 Å². The second kappa shape index (κ2) is 8.71. The fourth-order valence-electron chi connectivity index (χ4n) is 7.01. The maximum absolute atomic E-state index is 12.4. The van der Waals surface area contributed by atoms with Gasteiger partial charge in [0.2, 0.25) is 0 Å². The molecule has 4 rings (SSSR count). The van der Waals surface area contributed by atoms with Gasteiger partial charge in [-0.1, -0.05) is 13.8 Å². The minimum Gasteiger partial charge on any atom is -1.00 e. The molecule has 7 atom stereocenters. The predicted octanol–water partition coefficient (Wildman–Crippen LogP) is 0.423. The van der Waals surface area contributed by atoms with E-state index < -0.39 is 10.4 Å². The summed E-state index contributed by atoms with van der Waals surface area (Å²) >= 11 is 0. The van der Waals surface area contributed by atoms with Crippen molar-refractivity contribution in [2.45, 2.75) is 77.7 Å². The Morgan fingerprint density at radius 1 is 1.00 bits per heavy atom. The second-order valence-corrected chi connectivity index (χ2v) is 10.3. The number of carbonyl (C=O) groups excluding carboxylic acids is 1. The van der Waals surface area contributed by atoms with Gasteiger partial charge < -0.3 is 6.53 Å². The molecule has 0 amide bonds. The van der Waals surface area contributed by atoms with Crippen LogP contribution in [-0.2, 0) is 15.2 Å². The number of Topliss-reactive ketones (excluding diaryl/α,β-unsaturated/α-hetero) is 1. The Morgan fingerprint density at radius 2 is 1.63 bits per heavy atom. The van der Waals surface area contributed by atoms with Crippen molar-refractivity contribution in [2.24, 2.45) is 34.5 Å². The molecule has 0 aromatic carbocycles. The molecule has 152 valence electrons. The van der Waals surface area contributed by atoms with Gasteiger partial charge in [-0.05, 0) is 80.5 Å². The van der Waals surface area contributed by atoms with E-state index in [1.807, 2.05) is 0 Å². The first-order valence-electron chi connectivity index (χ1n) is 9.86. The smallest absolute Gasteiger partial charge is 1.00 e. The van der Waals surface area contributed by atoms with Crippen LogP contribution in [0.5, 0.6) is 0 Å². The topological polar surface area (TPSA) is 112 Å². The fourth-order valence-corrected chi connectivity index (χ4v) is 7.01. The third-order valence-corrected chi connectivity index (χ3v) is 8.35. The molecule has 8 heteroatoms. The van der Waals surface area contributed by atoms with Crippen LogP contribution in [0.1, 0.15) is 73.1 Å². The van der Waals surface area contributed by atoms with Crippen molar-refractivity contribution >= 4 is 16.2 Å². The van der Waals surface area contributed by atoms with Crippen LogP contribution in [0.25, 0.3) is 0 Å². The number of fused-ring (bicyclic) bond motifs is 5. The van der Waals surface area contributed by atoms with Crippen molar-refractivity contribution in [3.8, 4) is 0 Å². The van der Waals surface area contributed by atoms with Gasteiger partial charge >= 0.3 is 61.8 Å². The quantitative estimate of drug-likeness (QED) is 0.381. The minimum absolute atomic E-state index is 0. The molecule has 4 aliphatic rings. The summed E-state index contributed by atoms with van der Waals surface area (Å²) in [6.45, 7) is 4.78. The number of aliphatic hydroxyl groups excluding tert-OH is 1. The first-order valence-corrected chi connectivity index (χ1v) is 11.3. The van der Waals surface area contributed by atoms with Crippen LogP contribution < -0.4 is 51.4 Å². The van der Waals surface area contributed by atoms with E-state index in [9.17, 15) is 9.90 Å². The molecule has 0 bridgehead atoms. The molecule has 4 saturated carbocycles. The van der Waals surface area contributed by atoms with Gasteiger partial charge in [-0.15, -0.1) is 0 Å². The Balaban J connectivity index is 0.000000504. The summed E-state index contributed by atoms with van der Waals surface area (Å²) in [7, 11) is -4.67. The molecule has 0 aromatic rings. The monoisotopic (exact) mass is 428 g/mol. The van der Waals surface area contributed by atoms with Gasteiger partial charge in [-0.2, -0.15) is 8.42 Å². The van der Waals surface area contributed by atoms with Gasteiger partial charge in [0.15, 0.2) is 0 Å². The number of carbonyl (C=O) groups is 1. The van der Waals surface area contributed by atoms with Crippen LogP contribution in [0.2, 0.25) is 0 Å². The van der Waals surface area contributed by atoms with E-state index in [4.69, 9.17) is 17.5 Å². The maximum atomic E-state index is 12.4. The van der Waals surface area contributed by atoms with Crippen LogP contribution in [0, 0.1) is 34.5 Å². The Hall–Kier alpha value is 1.14. The number of aliphatic hydroxyl groups is 1. The third-order valence-electron chi connectivity index (χ3n) is 8.35. The van der Waals surface area contributed by atoms with Crippen molar-refractivity contribution in [1.29, 1.82) is 0 Å². The third kappa shape index (κ3) is 4.90. The SMILES string of the molecule is C[C@]12CC[C@H](O)CC1CC[C@@H]1[C@@H]2CC[C@]2(C)C(=O)CC[C@@H]12.O=S(=O)(O)O.[H-].[K+]. The Labute approximate surface area is 206 Å². The van der Waals surface area contributed by atoms with Crippen molar-refractivity contribution in [3.05, 3.63) is 0 Å². The van der Waals surface area contributed by atoms with Crippen molar-refractivity contribution in [2.75, 3.05) is 0 Å². The summed E-state index contributed by atoms with van der Waals surface area (Å²) < 4.78 is 31.6. The maximum Gasteiger partial charge on any atom is 1.00 e. The largest absolute Gasteiger partial charge is 1.00 e. The number of rotatable bonds is 0. The molecule has 0 aliphatic heterocycles. The van der Waals surface area contributed by atoms with Crippen molar-refractivity contribution in [1.82, 2.24) is 0 Å². The summed E-state index contributed by atoms with van der Waals surface area (Å²) in [6.07, 6.45) is 10.1. The molecule has 0 aromatic heterocycles. The minimum atomic E-state index is -4.67. The molecule has 4 fully saturated rings. The summed E-state index contributed by atoms with van der Waals surface area (Å²) in [6, 6.07) is 0. The molecule has 0 saturated heterocycles. The van der Waals surface area contributed by atoms with Gasteiger partial charge in [-0.25, -0.2) is 0 Å². The Bertz CT molecular complexity index is 665. The molecule has 0 heterocycles. The van der Waals surface area contributed by atoms with E-state index in [0.29, 0.717) is 17.1 Å². The Morgan fingerprint density at radius 3 is 2.26 bits per heavy atom. The Kier molecular flexibility index (Phi) is 7.87. The first kappa shape index (κ1) is 24.4. The average molecular weight is 429 g/mol. The molecule has 0 radical (unpaired) electrons. The second-order valence-electron chi connectivity index (χ2n) is 9.45. The van der Waals surface area contributed by atoms with E-state index in [0.717, 1.165) is 49.9 Å². The van der Waals surface area contributed by atoms with Gasteiger partial charge in [0.25, 0.3) is 0 Å². The molecule has 1 unspecified atom stereocenters. The zero-order chi connectivity index (χ0) is 19.3. The van der Waals surface area contributed by atoms with Crippen LogP contribution in [0.3, 0.4) is 0 Å². The normalized spacial score (nSPS) is 46.1. The summed E-state index contributed by atoms with van der Waals surface area (Å²) in [5, 5.41) is 10.0. The summed E-state index contributed by atoms with van der Waals surface area (Å²) in [5.41, 5.74) is 0.452. The van der Waals surface area contributed by atoms with E-state index in [1.165, 1.54) is 25.7 Å². The van der Waals surface area contributed by atoms with E-state index in [-0.39, 0.29) is 64.3 Å². The molecule has 27 heavy (non-hydrogen) atoms. The van der Waals surface area contributed by atoms with Crippen molar-refractivity contribution in [3.63, 3.8) is 0 Å². The van der Waals surface area contributed by atoms with E-state index in [2.05, 4.69) is 13.8 Å². The standard InChI is InChI=1S/C19H30O2.K.H2O4S.H/c1-18-9-7-13(20)11-12(18)3-4-14-15-5-6-17(21)19(15,2)10-8-16(14)18;;1-5(2,3)4;/h12-16,20H,3-11H2,1-2H3;;(H2,1,2,3,4);/q;+1;;-1/t12?,13-,14-,15-,16-,18-,19-;;;/m0.../s1. The van der Waals surface area contributed by atoms with Gasteiger partial charge in [-0.3, -0.25) is 13.9 Å². The average Bonchev–Trinajstić information content (AvgIpc) is 2.82. The molecule has 0 spiro atoms. The van der Waals surface area contributed by atoms with Crippen molar-refractivity contribution < 1.29 is 80.2 Å². The number of ketones is 1. The molecular weight excluding hydrogens is 395 g/mol. The fraction of sp³-hybridized carbons (Fsp3) is 0.947. The van der Waals surface area contributed by atoms with Gasteiger partial charge in [0, 0.05) is 11.8 Å². The van der Waals surface area contributed by atoms with E-state index >= 15 is 0 Å². The number of hydrogen-bond donors (Lipinski definition) is 3. The van der Waals surface area contributed by atoms with Gasteiger partial charge in [0.05, 0.1) is 6.10 Å². The molecular formula is C19H33KO6S. The number of hydrogen-bond acceptors (Lipinski definition) is 4. The predicted molar refractivity (Wildman–Crippen MR) is 98.0 cm³/mol. The molecule has 4 aliphatic carbocycles. The zero-order valence-electron chi connectivity index (χ0n) is 17.7. The molecule has 3 N–H and O–H groups in total. The molecule has 6 nitrogen and oxygen atoms in total.